The number of carbonyl (C=O) groups excluding carboxylic acids is 1. The molecule has 0 aliphatic heterocycles. The van der Waals surface area contributed by atoms with Crippen LogP contribution in [0.5, 0.6) is 0 Å². The standard InChI is InChI=1S/C14H20N2O/c1-11-7-5-6-8-12(11)16-13(17)15-10-9-14(2,3)4/h5-10H,1-4H3,(H2,15,16,17)/b10-9+. The van der Waals surface area contributed by atoms with Crippen LogP contribution in [0.1, 0.15) is 26.3 Å². The summed E-state index contributed by atoms with van der Waals surface area (Å²) >= 11 is 0. The molecule has 1 aromatic rings. The van der Waals surface area contributed by atoms with Crippen LogP contribution in [0.25, 0.3) is 0 Å². The molecule has 0 aromatic heterocycles. The lowest BCUT2D eigenvalue weighted by Gasteiger charge is -2.11. The minimum absolute atomic E-state index is 0.0654. The van der Waals surface area contributed by atoms with E-state index in [2.05, 4.69) is 31.4 Å². The van der Waals surface area contributed by atoms with E-state index in [-0.39, 0.29) is 11.4 Å². The molecule has 1 rings (SSSR count). The second kappa shape index (κ2) is 5.53. The number of urea groups is 1. The lowest BCUT2D eigenvalue weighted by atomic mass is 9.97. The molecule has 3 nitrogen and oxygen atoms in total. The van der Waals surface area contributed by atoms with Crippen LogP contribution in [0.4, 0.5) is 10.5 Å². The van der Waals surface area contributed by atoms with Crippen molar-refractivity contribution >= 4 is 11.7 Å². The quantitative estimate of drug-likeness (QED) is 0.802. The summed E-state index contributed by atoms with van der Waals surface area (Å²) in [4.78, 5) is 11.6. The van der Waals surface area contributed by atoms with Gasteiger partial charge in [-0.05, 0) is 24.0 Å². The van der Waals surface area contributed by atoms with Crippen molar-refractivity contribution in [3.8, 4) is 0 Å². The Morgan fingerprint density at radius 3 is 2.47 bits per heavy atom. The minimum atomic E-state index is -0.222. The number of nitrogens with one attached hydrogen (secondary N) is 2. The fourth-order valence-corrected chi connectivity index (χ4v) is 1.24. The van der Waals surface area contributed by atoms with Gasteiger partial charge in [0.15, 0.2) is 0 Å². The largest absolute Gasteiger partial charge is 0.323 e. The molecule has 0 saturated heterocycles. The number of allylic oxidation sites excluding steroid dienone is 1. The first-order valence-electron chi connectivity index (χ1n) is 5.69. The third-order valence-electron chi connectivity index (χ3n) is 2.19. The maximum absolute atomic E-state index is 11.6. The van der Waals surface area contributed by atoms with E-state index in [9.17, 15) is 4.79 Å². The van der Waals surface area contributed by atoms with E-state index >= 15 is 0 Å². The molecule has 0 spiro atoms. The predicted octanol–water partition coefficient (Wildman–Crippen LogP) is 3.68. The van der Waals surface area contributed by atoms with Gasteiger partial charge in [0.1, 0.15) is 0 Å². The molecule has 0 bridgehead atoms. The lowest BCUT2D eigenvalue weighted by molar-refractivity contribution is 0.255. The van der Waals surface area contributed by atoms with E-state index < -0.39 is 0 Å². The summed E-state index contributed by atoms with van der Waals surface area (Å²) in [5, 5.41) is 5.48. The van der Waals surface area contributed by atoms with E-state index in [4.69, 9.17) is 0 Å². The maximum atomic E-state index is 11.6. The van der Waals surface area contributed by atoms with Gasteiger partial charge in [-0.2, -0.15) is 0 Å². The molecular formula is C14H20N2O. The summed E-state index contributed by atoms with van der Waals surface area (Å²) in [7, 11) is 0. The van der Waals surface area contributed by atoms with Crippen molar-refractivity contribution in [3.05, 3.63) is 42.1 Å². The van der Waals surface area contributed by atoms with Gasteiger partial charge in [-0.25, -0.2) is 4.79 Å². The van der Waals surface area contributed by atoms with Gasteiger partial charge in [0.25, 0.3) is 0 Å². The SMILES string of the molecule is Cc1ccccc1NC(=O)N/C=C/C(C)(C)C. The van der Waals surface area contributed by atoms with Crippen molar-refractivity contribution in [2.75, 3.05) is 5.32 Å². The molecule has 17 heavy (non-hydrogen) atoms. The number of aryl methyl sites for hydroxylation is 1. The van der Waals surface area contributed by atoms with Gasteiger partial charge in [0, 0.05) is 11.9 Å². The second-order valence-corrected chi connectivity index (χ2v) is 5.11. The van der Waals surface area contributed by atoms with Crippen LogP contribution in [0.3, 0.4) is 0 Å². The van der Waals surface area contributed by atoms with Gasteiger partial charge < -0.3 is 10.6 Å². The fraction of sp³-hybridized carbons (Fsp3) is 0.357. The number of benzene rings is 1. The molecule has 0 aliphatic rings. The molecule has 2 amide bonds. The van der Waals surface area contributed by atoms with Crippen molar-refractivity contribution in [1.82, 2.24) is 5.32 Å². The van der Waals surface area contributed by atoms with Crippen LogP contribution in [-0.2, 0) is 0 Å². The van der Waals surface area contributed by atoms with E-state index in [1.54, 1.807) is 6.20 Å². The fourth-order valence-electron chi connectivity index (χ4n) is 1.24. The molecule has 92 valence electrons. The maximum Gasteiger partial charge on any atom is 0.323 e. The summed E-state index contributed by atoms with van der Waals surface area (Å²) in [6.45, 7) is 8.18. The Morgan fingerprint density at radius 1 is 1.24 bits per heavy atom. The van der Waals surface area contributed by atoms with Crippen molar-refractivity contribution < 1.29 is 4.79 Å². The summed E-state index contributed by atoms with van der Waals surface area (Å²) in [5.41, 5.74) is 1.94. The van der Waals surface area contributed by atoms with Gasteiger partial charge >= 0.3 is 6.03 Å². The third-order valence-corrected chi connectivity index (χ3v) is 2.19. The van der Waals surface area contributed by atoms with Gasteiger partial charge in [0.2, 0.25) is 0 Å². The molecule has 1 aromatic carbocycles. The van der Waals surface area contributed by atoms with E-state index in [0.29, 0.717) is 0 Å². The first kappa shape index (κ1) is 13.3. The Kier molecular flexibility index (Phi) is 4.32. The summed E-state index contributed by atoms with van der Waals surface area (Å²) in [5.74, 6) is 0. The van der Waals surface area contributed by atoms with Crippen LogP contribution >= 0.6 is 0 Å². The zero-order valence-electron chi connectivity index (χ0n) is 10.9. The van der Waals surface area contributed by atoms with Crippen LogP contribution in [0, 0.1) is 12.3 Å². The molecule has 2 N–H and O–H groups in total. The van der Waals surface area contributed by atoms with Gasteiger partial charge in [-0.3, -0.25) is 0 Å². The zero-order chi connectivity index (χ0) is 12.9. The molecule has 0 unspecified atom stereocenters. The van der Waals surface area contributed by atoms with Gasteiger partial charge in [-0.1, -0.05) is 45.0 Å². The number of rotatable bonds is 2. The summed E-state index contributed by atoms with van der Waals surface area (Å²) < 4.78 is 0. The molecule has 0 fully saturated rings. The van der Waals surface area contributed by atoms with E-state index in [1.165, 1.54) is 0 Å². The monoisotopic (exact) mass is 232 g/mol. The smallest absolute Gasteiger partial charge is 0.315 e. The predicted molar refractivity (Wildman–Crippen MR) is 71.9 cm³/mol. The number of anilines is 1. The second-order valence-electron chi connectivity index (χ2n) is 5.11. The average Bonchev–Trinajstić information content (AvgIpc) is 2.19. The lowest BCUT2D eigenvalue weighted by Crippen LogP contribution is -2.24. The first-order chi connectivity index (χ1) is 7.88. The van der Waals surface area contributed by atoms with E-state index in [0.717, 1.165) is 11.3 Å². The van der Waals surface area contributed by atoms with Crippen molar-refractivity contribution in [3.63, 3.8) is 0 Å². The first-order valence-corrected chi connectivity index (χ1v) is 5.69. The highest BCUT2D eigenvalue weighted by Crippen LogP contribution is 2.14. The van der Waals surface area contributed by atoms with Crippen molar-refractivity contribution in [1.29, 1.82) is 0 Å². The van der Waals surface area contributed by atoms with Crippen LogP contribution in [-0.4, -0.2) is 6.03 Å². The number of hydrogen-bond donors (Lipinski definition) is 2. The molecule has 0 saturated carbocycles. The molecule has 0 radical (unpaired) electrons. The van der Waals surface area contributed by atoms with Crippen molar-refractivity contribution in [2.45, 2.75) is 27.7 Å². The Balaban J connectivity index is 2.51. The molecule has 0 aliphatic carbocycles. The third kappa shape index (κ3) is 5.20. The van der Waals surface area contributed by atoms with E-state index in [1.807, 2.05) is 37.3 Å². The minimum Gasteiger partial charge on any atom is -0.315 e. The molecule has 0 atom stereocenters. The number of amides is 2. The topological polar surface area (TPSA) is 41.1 Å². The van der Waals surface area contributed by atoms with Gasteiger partial charge in [-0.15, -0.1) is 0 Å². The highest BCUT2D eigenvalue weighted by molar-refractivity contribution is 5.90. The Morgan fingerprint density at radius 2 is 1.88 bits per heavy atom. The molecule has 3 heteroatoms. The zero-order valence-corrected chi connectivity index (χ0v) is 10.9. The highest BCUT2D eigenvalue weighted by atomic mass is 16.2. The number of carbonyl (C=O) groups is 1. The Labute approximate surface area is 103 Å². The summed E-state index contributed by atoms with van der Waals surface area (Å²) in [6, 6.07) is 7.45. The Hall–Kier alpha value is -1.77. The number of para-hydroxylation sites is 1. The molecule has 0 heterocycles. The van der Waals surface area contributed by atoms with Crippen LogP contribution in [0.15, 0.2) is 36.5 Å². The number of hydrogen-bond acceptors (Lipinski definition) is 1. The molecular weight excluding hydrogens is 212 g/mol. The Bertz CT molecular complexity index is 416. The normalized spacial score (nSPS) is 11.5. The van der Waals surface area contributed by atoms with Crippen LogP contribution < -0.4 is 10.6 Å². The van der Waals surface area contributed by atoms with Crippen LogP contribution in [0.2, 0.25) is 0 Å². The summed E-state index contributed by atoms with van der Waals surface area (Å²) in [6.07, 6.45) is 3.62. The van der Waals surface area contributed by atoms with Crippen molar-refractivity contribution in [2.24, 2.45) is 5.41 Å². The highest BCUT2D eigenvalue weighted by Gasteiger charge is 2.05. The average molecular weight is 232 g/mol. The van der Waals surface area contributed by atoms with Gasteiger partial charge in [0.05, 0.1) is 0 Å².